The van der Waals surface area contributed by atoms with Crippen molar-refractivity contribution in [2.24, 2.45) is 12.5 Å². The van der Waals surface area contributed by atoms with Crippen molar-refractivity contribution in [2.75, 3.05) is 13.1 Å². The first-order valence-electron chi connectivity index (χ1n) is 10.2. The number of amides is 2. The normalized spacial score (nSPS) is 15.5. The Morgan fingerprint density at radius 3 is 2.57 bits per heavy atom. The molecular weight excluding hydrogens is 382 g/mol. The second-order valence-corrected chi connectivity index (χ2v) is 8.86. The SMILES string of the molecule is Cn1cc(-c2cnc3[nH]cc(C(=O)NC(C(=O)N4CCCC4)C(C)(C)C)c3n2)cn1. The van der Waals surface area contributed by atoms with Crippen molar-refractivity contribution >= 4 is 23.0 Å². The number of carbonyl (C=O) groups is 2. The maximum absolute atomic E-state index is 13.2. The number of aryl methyl sites for hydroxylation is 1. The minimum absolute atomic E-state index is 0.0321. The molecule has 1 saturated heterocycles. The Labute approximate surface area is 174 Å². The number of fused-ring (bicyclic) bond motifs is 1. The Bertz CT molecular complexity index is 1090. The number of rotatable bonds is 4. The summed E-state index contributed by atoms with van der Waals surface area (Å²) < 4.78 is 1.68. The fourth-order valence-corrected chi connectivity index (χ4v) is 3.73. The fourth-order valence-electron chi connectivity index (χ4n) is 3.73. The second kappa shape index (κ2) is 7.55. The van der Waals surface area contributed by atoms with E-state index in [1.165, 1.54) is 0 Å². The van der Waals surface area contributed by atoms with Crippen LogP contribution in [-0.4, -0.2) is 60.6 Å². The van der Waals surface area contributed by atoms with Gasteiger partial charge in [0.2, 0.25) is 5.91 Å². The molecule has 1 aliphatic heterocycles. The first kappa shape index (κ1) is 20.1. The summed E-state index contributed by atoms with van der Waals surface area (Å²) in [7, 11) is 1.83. The van der Waals surface area contributed by atoms with Gasteiger partial charge in [0.05, 0.1) is 23.7 Å². The molecule has 2 amide bonds. The zero-order valence-corrected chi connectivity index (χ0v) is 17.8. The lowest BCUT2D eigenvalue weighted by atomic mass is 9.85. The third-order valence-electron chi connectivity index (χ3n) is 5.43. The van der Waals surface area contributed by atoms with Crippen LogP contribution in [-0.2, 0) is 11.8 Å². The predicted molar refractivity (Wildman–Crippen MR) is 113 cm³/mol. The molecule has 3 aromatic rings. The lowest BCUT2D eigenvalue weighted by Gasteiger charge is -2.33. The zero-order valence-electron chi connectivity index (χ0n) is 17.8. The van der Waals surface area contributed by atoms with Gasteiger partial charge in [0.1, 0.15) is 11.6 Å². The zero-order chi connectivity index (χ0) is 21.5. The van der Waals surface area contributed by atoms with Crippen LogP contribution in [0, 0.1) is 5.41 Å². The highest BCUT2D eigenvalue weighted by Gasteiger charge is 2.37. The summed E-state index contributed by atoms with van der Waals surface area (Å²) in [5.41, 5.74) is 2.38. The van der Waals surface area contributed by atoms with Gasteiger partial charge in [-0.05, 0) is 18.3 Å². The van der Waals surface area contributed by atoms with Gasteiger partial charge in [0.25, 0.3) is 5.91 Å². The average molecular weight is 409 g/mol. The average Bonchev–Trinajstić information content (AvgIpc) is 3.44. The largest absolute Gasteiger partial charge is 0.344 e. The Hall–Kier alpha value is -3.23. The summed E-state index contributed by atoms with van der Waals surface area (Å²) in [5.74, 6) is -0.373. The van der Waals surface area contributed by atoms with E-state index in [2.05, 4.69) is 25.4 Å². The number of carbonyl (C=O) groups excluding carboxylic acids is 2. The first-order valence-corrected chi connectivity index (χ1v) is 10.2. The summed E-state index contributed by atoms with van der Waals surface area (Å²) in [6.07, 6.45) is 8.79. The van der Waals surface area contributed by atoms with Crippen molar-refractivity contribution in [3.8, 4) is 11.3 Å². The number of hydrogen-bond acceptors (Lipinski definition) is 5. The molecule has 1 atom stereocenters. The molecule has 0 spiro atoms. The molecule has 0 aliphatic carbocycles. The predicted octanol–water partition coefficient (Wildman–Crippen LogP) is 2.13. The van der Waals surface area contributed by atoms with Gasteiger partial charge < -0.3 is 15.2 Å². The highest BCUT2D eigenvalue weighted by molar-refractivity contribution is 6.06. The van der Waals surface area contributed by atoms with Crippen molar-refractivity contribution in [1.82, 2.24) is 34.9 Å². The Kier molecular flexibility index (Phi) is 5.05. The number of H-pyrrole nitrogens is 1. The number of nitrogens with zero attached hydrogens (tertiary/aromatic N) is 5. The van der Waals surface area contributed by atoms with E-state index < -0.39 is 11.5 Å². The van der Waals surface area contributed by atoms with Crippen LogP contribution in [0.25, 0.3) is 22.4 Å². The van der Waals surface area contributed by atoms with Gasteiger partial charge in [-0.2, -0.15) is 5.10 Å². The van der Waals surface area contributed by atoms with Crippen LogP contribution in [0.15, 0.2) is 24.8 Å². The van der Waals surface area contributed by atoms with Crippen LogP contribution >= 0.6 is 0 Å². The van der Waals surface area contributed by atoms with Gasteiger partial charge in [-0.3, -0.25) is 14.3 Å². The Morgan fingerprint density at radius 1 is 1.20 bits per heavy atom. The lowest BCUT2D eigenvalue weighted by Crippen LogP contribution is -2.54. The molecule has 1 unspecified atom stereocenters. The van der Waals surface area contributed by atoms with E-state index in [4.69, 9.17) is 0 Å². The maximum Gasteiger partial charge on any atom is 0.255 e. The van der Waals surface area contributed by atoms with E-state index in [0.717, 1.165) is 31.5 Å². The van der Waals surface area contributed by atoms with Crippen molar-refractivity contribution in [3.63, 3.8) is 0 Å². The molecule has 0 saturated carbocycles. The van der Waals surface area contributed by atoms with Crippen LogP contribution in [0.5, 0.6) is 0 Å². The minimum atomic E-state index is -0.623. The van der Waals surface area contributed by atoms with Gasteiger partial charge in [-0.1, -0.05) is 20.8 Å². The van der Waals surface area contributed by atoms with Gasteiger partial charge in [-0.15, -0.1) is 0 Å². The van der Waals surface area contributed by atoms with Crippen LogP contribution in [0.2, 0.25) is 0 Å². The molecule has 9 nitrogen and oxygen atoms in total. The Morgan fingerprint density at radius 2 is 1.93 bits per heavy atom. The van der Waals surface area contributed by atoms with Crippen molar-refractivity contribution in [2.45, 2.75) is 39.7 Å². The molecule has 4 rings (SSSR count). The van der Waals surface area contributed by atoms with E-state index in [9.17, 15) is 9.59 Å². The number of nitrogens with one attached hydrogen (secondary N) is 2. The molecule has 30 heavy (non-hydrogen) atoms. The number of aromatic amines is 1. The molecule has 4 heterocycles. The van der Waals surface area contributed by atoms with E-state index in [1.54, 1.807) is 23.3 Å². The summed E-state index contributed by atoms with van der Waals surface area (Å²) >= 11 is 0. The van der Waals surface area contributed by atoms with Gasteiger partial charge >= 0.3 is 0 Å². The Balaban J connectivity index is 1.63. The fraction of sp³-hybridized carbons (Fsp3) is 0.476. The lowest BCUT2D eigenvalue weighted by molar-refractivity contribution is -0.134. The van der Waals surface area contributed by atoms with E-state index in [-0.39, 0.29) is 11.8 Å². The number of likely N-dealkylation sites (tertiary alicyclic amines) is 1. The van der Waals surface area contributed by atoms with Gasteiger partial charge in [0.15, 0.2) is 5.65 Å². The number of aromatic nitrogens is 5. The highest BCUT2D eigenvalue weighted by Crippen LogP contribution is 2.25. The summed E-state index contributed by atoms with van der Waals surface area (Å²) in [4.78, 5) is 40.1. The molecule has 1 fully saturated rings. The number of hydrogen-bond donors (Lipinski definition) is 2. The van der Waals surface area contributed by atoms with E-state index >= 15 is 0 Å². The minimum Gasteiger partial charge on any atom is -0.344 e. The smallest absolute Gasteiger partial charge is 0.255 e. The van der Waals surface area contributed by atoms with Crippen LogP contribution < -0.4 is 5.32 Å². The third-order valence-corrected chi connectivity index (χ3v) is 5.43. The molecule has 158 valence electrons. The molecule has 9 heteroatoms. The summed E-state index contributed by atoms with van der Waals surface area (Å²) in [6, 6.07) is -0.623. The molecule has 0 bridgehead atoms. The van der Waals surface area contributed by atoms with Crippen LogP contribution in [0.4, 0.5) is 0 Å². The third kappa shape index (κ3) is 3.79. The van der Waals surface area contributed by atoms with Crippen molar-refractivity contribution < 1.29 is 9.59 Å². The van der Waals surface area contributed by atoms with Crippen molar-refractivity contribution in [1.29, 1.82) is 0 Å². The molecular formula is C21H27N7O2. The molecule has 3 aromatic heterocycles. The van der Waals surface area contributed by atoms with Gasteiger partial charge in [0, 0.05) is 38.1 Å². The van der Waals surface area contributed by atoms with E-state index in [0.29, 0.717) is 22.4 Å². The first-order chi connectivity index (χ1) is 14.2. The summed E-state index contributed by atoms with van der Waals surface area (Å²) in [5, 5.41) is 7.12. The van der Waals surface area contributed by atoms with Gasteiger partial charge in [-0.25, -0.2) is 9.97 Å². The summed E-state index contributed by atoms with van der Waals surface area (Å²) in [6.45, 7) is 7.37. The quantitative estimate of drug-likeness (QED) is 0.686. The molecule has 0 radical (unpaired) electrons. The molecule has 1 aliphatic rings. The maximum atomic E-state index is 13.2. The van der Waals surface area contributed by atoms with Crippen LogP contribution in [0.3, 0.4) is 0 Å². The standard InChI is InChI=1S/C21H27N7O2/c1-21(2,3)17(20(30)28-7-5-6-8-28)26-19(29)14-10-22-18-16(14)25-15(11-23-18)13-9-24-27(4)12-13/h9-12,17H,5-8H2,1-4H3,(H,22,23)(H,26,29). The van der Waals surface area contributed by atoms with E-state index in [1.807, 2.05) is 38.9 Å². The van der Waals surface area contributed by atoms with Crippen LogP contribution in [0.1, 0.15) is 44.0 Å². The second-order valence-electron chi connectivity index (χ2n) is 8.86. The molecule has 0 aromatic carbocycles. The van der Waals surface area contributed by atoms with Crippen molar-refractivity contribution in [3.05, 3.63) is 30.4 Å². The monoisotopic (exact) mass is 409 g/mol. The molecule has 2 N–H and O–H groups in total. The topological polar surface area (TPSA) is 109 Å². The highest BCUT2D eigenvalue weighted by atomic mass is 16.2.